The summed E-state index contributed by atoms with van der Waals surface area (Å²) in [5, 5.41) is 13.2. The van der Waals surface area contributed by atoms with E-state index in [1.165, 1.54) is 6.20 Å². The number of aromatic nitrogens is 4. The number of aryl methyl sites for hydroxylation is 1. The lowest BCUT2D eigenvalue weighted by molar-refractivity contribution is -0.601. The number of hydrogen-bond donors (Lipinski definition) is 0. The molecule has 3 aromatic rings. The standard InChI is InChI=1S/C10H5Cl3N4O/c1-16-6-4(2-3-17(18)8(6)12)5-7(11)14-10(13)15-9(5)16/h2-3H,1H3. The molecule has 0 aromatic carbocycles. The third-order valence-electron chi connectivity index (χ3n) is 2.76. The number of nitrogens with zero attached hydrogens (tertiary/aromatic N) is 4. The van der Waals surface area contributed by atoms with E-state index in [9.17, 15) is 5.21 Å². The van der Waals surface area contributed by atoms with Crippen LogP contribution in [0.2, 0.25) is 15.6 Å². The van der Waals surface area contributed by atoms with Gasteiger partial charge in [-0.05, 0) is 23.2 Å². The Morgan fingerprint density at radius 3 is 2.72 bits per heavy atom. The number of rotatable bonds is 0. The average molecular weight is 304 g/mol. The molecule has 3 aromatic heterocycles. The molecule has 5 nitrogen and oxygen atoms in total. The average Bonchev–Trinajstić information content (AvgIpc) is 2.58. The zero-order valence-electron chi connectivity index (χ0n) is 8.99. The first-order valence-corrected chi connectivity index (χ1v) is 6.03. The van der Waals surface area contributed by atoms with Crippen LogP contribution < -0.4 is 4.73 Å². The van der Waals surface area contributed by atoms with E-state index in [1.807, 2.05) is 0 Å². The molecular weight excluding hydrogens is 298 g/mol. The van der Waals surface area contributed by atoms with E-state index in [0.29, 0.717) is 26.7 Å². The van der Waals surface area contributed by atoms with Gasteiger partial charge in [0.2, 0.25) is 5.28 Å². The van der Waals surface area contributed by atoms with Gasteiger partial charge in [0, 0.05) is 18.5 Å². The Balaban J connectivity index is 2.67. The Morgan fingerprint density at radius 1 is 1.28 bits per heavy atom. The fraction of sp³-hybridized carbons (Fsp3) is 0.100. The SMILES string of the molecule is Cn1c2nc(Cl)nc(Cl)c2c2cc[n+]([O-])c(Cl)c21. The van der Waals surface area contributed by atoms with Crippen LogP contribution in [-0.2, 0) is 7.05 Å². The van der Waals surface area contributed by atoms with Crippen molar-refractivity contribution in [3.05, 3.63) is 33.1 Å². The van der Waals surface area contributed by atoms with E-state index in [2.05, 4.69) is 9.97 Å². The normalized spacial score (nSPS) is 11.6. The van der Waals surface area contributed by atoms with Crippen LogP contribution in [0.1, 0.15) is 0 Å². The maximum Gasteiger partial charge on any atom is 0.311 e. The summed E-state index contributed by atoms with van der Waals surface area (Å²) in [6.07, 6.45) is 1.31. The van der Waals surface area contributed by atoms with Gasteiger partial charge < -0.3 is 9.77 Å². The molecule has 0 bridgehead atoms. The maximum atomic E-state index is 11.5. The van der Waals surface area contributed by atoms with E-state index in [-0.39, 0.29) is 15.6 Å². The number of pyridine rings is 1. The van der Waals surface area contributed by atoms with Crippen molar-refractivity contribution >= 4 is 56.7 Å². The van der Waals surface area contributed by atoms with Crippen LogP contribution in [0.3, 0.4) is 0 Å². The molecule has 0 fully saturated rings. The molecule has 18 heavy (non-hydrogen) atoms. The fourth-order valence-electron chi connectivity index (χ4n) is 2.00. The van der Waals surface area contributed by atoms with Crippen LogP contribution in [0.15, 0.2) is 12.3 Å². The topological polar surface area (TPSA) is 57.7 Å². The van der Waals surface area contributed by atoms with E-state index in [1.54, 1.807) is 17.7 Å². The Kier molecular flexibility index (Phi) is 2.52. The minimum atomic E-state index is 0.0459. The molecular formula is C10H5Cl3N4O. The summed E-state index contributed by atoms with van der Waals surface area (Å²) in [6, 6.07) is 1.62. The quantitative estimate of drug-likeness (QED) is 0.211. The summed E-state index contributed by atoms with van der Waals surface area (Å²) in [5.74, 6) is 0. The van der Waals surface area contributed by atoms with Crippen LogP contribution in [0.25, 0.3) is 21.9 Å². The number of fused-ring (bicyclic) bond motifs is 3. The molecule has 0 radical (unpaired) electrons. The fourth-order valence-corrected chi connectivity index (χ4v) is 2.76. The second-order valence-electron chi connectivity index (χ2n) is 3.74. The molecule has 0 saturated heterocycles. The highest BCUT2D eigenvalue weighted by Crippen LogP contribution is 2.33. The smallest absolute Gasteiger partial charge is 0.311 e. The van der Waals surface area contributed by atoms with Crippen molar-refractivity contribution in [2.45, 2.75) is 0 Å². The molecule has 0 N–H and O–H groups in total. The molecule has 0 atom stereocenters. The first kappa shape index (κ1) is 11.8. The van der Waals surface area contributed by atoms with Crippen LogP contribution in [-0.4, -0.2) is 14.5 Å². The maximum absolute atomic E-state index is 11.5. The Morgan fingerprint density at radius 2 is 2.00 bits per heavy atom. The van der Waals surface area contributed by atoms with Crippen LogP contribution in [0, 0.1) is 5.21 Å². The van der Waals surface area contributed by atoms with Crippen LogP contribution in [0.4, 0.5) is 0 Å². The Hall–Kier alpha value is -1.30. The predicted octanol–water partition coefficient (Wildman–Crippen LogP) is 2.72. The summed E-state index contributed by atoms with van der Waals surface area (Å²) in [7, 11) is 1.73. The van der Waals surface area contributed by atoms with E-state index in [0.717, 1.165) is 0 Å². The van der Waals surface area contributed by atoms with Crippen LogP contribution in [0.5, 0.6) is 0 Å². The molecule has 0 spiro atoms. The first-order chi connectivity index (χ1) is 8.50. The van der Waals surface area contributed by atoms with E-state index < -0.39 is 0 Å². The lowest BCUT2D eigenvalue weighted by Gasteiger charge is -2.00. The largest absolute Gasteiger partial charge is 0.618 e. The van der Waals surface area contributed by atoms with Gasteiger partial charge >= 0.3 is 5.15 Å². The molecule has 0 saturated carbocycles. The van der Waals surface area contributed by atoms with E-state index in [4.69, 9.17) is 34.8 Å². The summed E-state index contributed by atoms with van der Waals surface area (Å²) in [4.78, 5) is 8.00. The molecule has 3 heterocycles. The van der Waals surface area contributed by atoms with Crippen molar-refractivity contribution in [2.75, 3.05) is 0 Å². The predicted molar refractivity (Wildman–Crippen MR) is 70.0 cm³/mol. The molecule has 0 aliphatic carbocycles. The first-order valence-electron chi connectivity index (χ1n) is 4.89. The monoisotopic (exact) mass is 302 g/mol. The van der Waals surface area contributed by atoms with Crippen molar-refractivity contribution in [2.24, 2.45) is 7.05 Å². The van der Waals surface area contributed by atoms with E-state index >= 15 is 0 Å². The summed E-state index contributed by atoms with van der Waals surface area (Å²) in [6.45, 7) is 0. The van der Waals surface area contributed by atoms with Crippen molar-refractivity contribution in [3.8, 4) is 0 Å². The molecule has 0 amide bonds. The molecule has 8 heteroatoms. The van der Waals surface area contributed by atoms with Gasteiger partial charge in [0.15, 0.2) is 6.20 Å². The van der Waals surface area contributed by atoms with Gasteiger partial charge in [-0.25, -0.2) is 4.98 Å². The minimum Gasteiger partial charge on any atom is -0.618 e. The second-order valence-corrected chi connectivity index (χ2v) is 4.79. The highest BCUT2D eigenvalue weighted by molar-refractivity contribution is 6.39. The van der Waals surface area contributed by atoms with Crippen LogP contribution >= 0.6 is 34.8 Å². The minimum absolute atomic E-state index is 0.0459. The molecule has 3 rings (SSSR count). The lowest BCUT2D eigenvalue weighted by Crippen LogP contribution is -2.26. The van der Waals surface area contributed by atoms with Crippen molar-refractivity contribution < 1.29 is 4.73 Å². The van der Waals surface area contributed by atoms with Gasteiger partial charge in [-0.15, -0.1) is 0 Å². The number of halogens is 3. The third-order valence-corrected chi connectivity index (χ3v) is 3.55. The van der Waals surface area contributed by atoms with Gasteiger partial charge in [-0.1, -0.05) is 11.6 Å². The zero-order valence-corrected chi connectivity index (χ0v) is 11.3. The summed E-state index contributed by atoms with van der Waals surface area (Å²) >= 11 is 17.8. The zero-order chi connectivity index (χ0) is 13.0. The third kappa shape index (κ3) is 1.44. The Labute approximate surface area is 116 Å². The molecule has 0 aliphatic heterocycles. The summed E-state index contributed by atoms with van der Waals surface area (Å²) in [5.41, 5.74) is 1.07. The van der Waals surface area contributed by atoms with Gasteiger partial charge in [0.25, 0.3) is 0 Å². The molecule has 0 aliphatic rings. The van der Waals surface area contributed by atoms with Gasteiger partial charge in [0.1, 0.15) is 16.3 Å². The highest BCUT2D eigenvalue weighted by Gasteiger charge is 2.20. The van der Waals surface area contributed by atoms with Gasteiger partial charge in [-0.3, -0.25) is 0 Å². The highest BCUT2D eigenvalue weighted by atomic mass is 35.5. The van der Waals surface area contributed by atoms with Crippen molar-refractivity contribution in [1.82, 2.24) is 14.5 Å². The summed E-state index contributed by atoms with van der Waals surface area (Å²) < 4.78 is 2.24. The van der Waals surface area contributed by atoms with Crippen molar-refractivity contribution in [3.63, 3.8) is 0 Å². The lowest BCUT2D eigenvalue weighted by atomic mass is 10.2. The Bertz CT molecular complexity index is 799. The van der Waals surface area contributed by atoms with Gasteiger partial charge in [-0.2, -0.15) is 9.71 Å². The second kappa shape index (κ2) is 3.85. The van der Waals surface area contributed by atoms with Crippen molar-refractivity contribution in [1.29, 1.82) is 0 Å². The number of hydrogen-bond acceptors (Lipinski definition) is 3. The van der Waals surface area contributed by atoms with Gasteiger partial charge in [0.05, 0.1) is 5.39 Å². The molecule has 0 unspecified atom stereocenters. The molecule has 92 valence electrons.